The molecule has 2 aromatic rings. The summed E-state index contributed by atoms with van der Waals surface area (Å²) in [4.78, 5) is 30.0. The third kappa shape index (κ3) is 3.57. The molecule has 0 aliphatic carbocycles. The van der Waals surface area contributed by atoms with Crippen molar-refractivity contribution in [2.45, 2.75) is 25.9 Å². The van der Waals surface area contributed by atoms with Crippen LogP contribution in [-0.4, -0.2) is 29.8 Å². The molecule has 2 amide bonds. The van der Waals surface area contributed by atoms with Gasteiger partial charge >= 0.3 is 6.18 Å². The zero-order valence-corrected chi connectivity index (χ0v) is 16.5. The van der Waals surface area contributed by atoms with Crippen molar-refractivity contribution in [2.75, 3.05) is 18.0 Å². The summed E-state index contributed by atoms with van der Waals surface area (Å²) in [5.74, 6) is -0.775. The van der Waals surface area contributed by atoms with E-state index in [-0.39, 0.29) is 11.3 Å². The summed E-state index contributed by atoms with van der Waals surface area (Å²) in [6.45, 7) is 3.37. The molecule has 0 saturated carbocycles. The molecule has 0 N–H and O–H groups in total. The fourth-order valence-corrected chi connectivity index (χ4v) is 4.67. The molecule has 2 aliphatic rings. The van der Waals surface area contributed by atoms with E-state index in [1.165, 1.54) is 23.5 Å². The number of alkyl halides is 3. The van der Waals surface area contributed by atoms with Crippen molar-refractivity contribution in [3.05, 3.63) is 57.9 Å². The Hall–Kier alpha value is -2.61. The topological polar surface area (TPSA) is 40.6 Å². The van der Waals surface area contributed by atoms with Gasteiger partial charge in [-0.05, 0) is 48.4 Å². The number of carbonyl (C=O) groups excluding carboxylic acids is 2. The second kappa shape index (κ2) is 7.33. The normalized spacial score (nSPS) is 20.8. The standard InChI is InChI=1S/C21H19F3N2O2S/c1-13-5-3-9-25(12-13)18-17(16-8-4-10-29-16)19(27)26(20(18)28)15-7-2-6-14(11-15)21(22,23)24/h2,4,6-8,10-11,13H,3,5,9,12H2,1H3. The molecule has 0 radical (unpaired) electrons. The number of hydrogen-bond donors (Lipinski definition) is 0. The van der Waals surface area contributed by atoms with Crippen molar-refractivity contribution in [3.8, 4) is 0 Å². The van der Waals surface area contributed by atoms with E-state index in [1.54, 1.807) is 12.1 Å². The van der Waals surface area contributed by atoms with Gasteiger partial charge in [0.25, 0.3) is 11.8 Å². The van der Waals surface area contributed by atoms with Crippen LogP contribution in [0.1, 0.15) is 30.2 Å². The first-order valence-electron chi connectivity index (χ1n) is 9.36. The average Bonchev–Trinajstić information content (AvgIpc) is 3.27. The Balaban J connectivity index is 1.79. The van der Waals surface area contributed by atoms with Crippen molar-refractivity contribution in [1.82, 2.24) is 4.90 Å². The molecule has 1 fully saturated rings. The highest BCUT2D eigenvalue weighted by atomic mass is 32.1. The highest BCUT2D eigenvalue weighted by Gasteiger charge is 2.44. The highest BCUT2D eigenvalue weighted by Crippen LogP contribution is 2.39. The van der Waals surface area contributed by atoms with Crippen LogP contribution >= 0.6 is 11.3 Å². The molecule has 1 aromatic carbocycles. The Morgan fingerprint density at radius 3 is 2.55 bits per heavy atom. The van der Waals surface area contributed by atoms with Crippen LogP contribution < -0.4 is 4.90 Å². The summed E-state index contributed by atoms with van der Waals surface area (Å²) in [6.07, 6.45) is -2.62. The van der Waals surface area contributed by atoms with Crippen molar-refractivity contribution in [3.63, 3.8) is 0 Å². The second-order valence-corrected chi connectivity index (χ2v) is 8.34. The molecule has 152 valence electrons. The van der Waals surface area contributed by atoms with Crippen LogP contribution in [-0.2, 0) is 15.8 Å². The lowest BCUT2D eigenvalue weighted by atomic mass is 9.99. The Labute approximate surface area is 170 Å². The summed E-state index contributed by atoms with van der Waals surface area (Å²) in [5, 5.41) is 1.81. The molecule has 0 bridgehead atoms. The van der Waals surface area contributed by atoms with E-state index in [9.17, 15) is 22.8 Å². The molecule has 0 spiro atoms. The van der Waals surface area contributed by atoms with Gasteiger partial charge in [0.1, 0.15) is 5.70 Å². The van der Waals surface area contributed by atoms with Gasteiger partial charge in [-0.1, -0.05) is 19.1 Å². The number of benzene rings is 1. The molecule has 29 heavy (non-hydrogen) atoms. The lowest BCUT2D eigenvalue weighted by Gasteiger charge is -2.33. The van der Waals surface area contributed by atoms with Gasteiger partial charge < -0.3 is 4.90 Å². The van der Waals surface area contributed by atoms with Crippen LogP contribution in [0.4, 0.5) is 18.9 Å². The SMILES string of the molecule is CC1CCCN(C2=C(c3cccs3)C(=O)N(c3cccc(C(F)(F)F)c3)C2=O)C1. The smallest absolute Gasteiger partial charge is 0.366 e. The minimum atomic E-state index is -4.56. The third-order valence-electron chi connectivity index (χ3n) is 5.23. The fourth-order valence-electron chi connectivity index (χ4n) is 3.90. The van der Waals surface area contributed by atoms with Gasteiger partial charge in [-0.15, -0.1) is 11.3 Å². The molecule has 4 rings (SSSR count). The monoisotopic (exact) mass is 420 g/mol. The van der Waals surface area contributed by atoms with Crippen LogP contribution in [0.5, 0.6) is 0 Å². The van der Waals surface area contributed by atoms with E-state index in [0.29, 0.717) is 29.6 Å². The summed E-state index contributed by atoms with van der Waals surface area (Å²) in [6, 6.07) is 7.89. The number of piperidine rings is 1. The number of thiophene rings is 1. The van der Waals surface area contributed by atoms with E-state index < -0.39 is 23.6 Å². The summed E-state index contributed by atoms with van der Waals surface area (Å²) in [5.41, 5.74) is -0.393. The largest absolute Gasteiger partial charge is 0.416 e. The number of carbonyl (C=O) groups is 2. The minimum absolute atomic E-state index is 0.0658. The molecule has 3 heterocycles. The van der Waals surface area contributed by atoms with Crippen LogP contribution in [0.2, 0.25) is 0 Å². The maximum atomic E-state index is 13.3. The molecular formula is C21H19F3N2O2S. The van der Waals surface area contributed by atoms with Gasteiger partial charge in [0.2, 0.25) is 0 Å². The fraction of sp³-hybridized carbons (Fsp3) is 0.333. The Bertz CT molecular complexity index is 982. The maximum absolute atomic E-state index is 13.3. The van der Waals surface area contributed by atoms with Crippen molar-refractivity contribution in [1.29, 1.82) is 0 Å². The van der Waals surface area contributed by atoms with Crippen LogP contribution in [0, 0.1) is 5.92 Å². The van der Waals surface area contributed by atoms with Gasteiger partial charge in [-0.3, -0.25) is 9.59 Å². The van der Waals surface area contributed by atoms with E-state index in [1.807, 2.05) is 10.3 Å². The Kier molecular flexibility index (Phi) is 4.98. The van der Waals surface area contributed by atoms with Gasteiger partial charge in [0, 0.05) is 18.0 Å². The number of likely N-dealkylation sites (tertiary alicyclic amines) is 1. The van der Waals surface area contributed by atoms with Crippen LogP contribution in [0.15, 0.2) is 47.5 Å². The molecule has 1 aromatic heterocycles. The number of hydrogen-bond acceptors (Lipinski definition) is 4. The lowest BCUT2D eigenvalue weighted by molar-refractivity contribution is -0.137. The van der Waals surface area contributed by atoms with Gasteiger partial charge in [-0.2, -0.15) is 13.2 Å². The average molecular weight is 420 g/mol. The van der Waals surface area contributed by atoms with E-state index >= 15 is 0 Å². The summed E-state index contributed by atoms with van der Waals surface area (Å²) < 4.78 is 39.5. The van der Waals surface area contributed by atoms with E-state index in [0.717, 1.165) is 29.9 Å². The first-order chi connectivity index (χ1) is 13.8. The number of amides is 2. The Morgan fingerprint density at radius 2 is 1.90 bits per heavy atom. The molecular weight excluding hydrogens is 401 g/mol. The van der Waals surface area contributed by atoms with Gasteiger partial charge in [-0.25, -0.2) is 4.90 Å². The first-order valence-corrected chi connectivity index (χ1v) is 10.2. The molecule has 2 aliphatic heterocycles. The minimum Gasteiger partial charge on any atom is -0.366 e. The molecule has 1 unspecified atom stereocenters. The van der Waals surface area contributed by atoms with E-state index in [2.05, 4.69) is 6.92 Å². The summed E-state index contributed by atoms with van der Waals surface area (Å²) in [7, 11) is 0. The van der Waals surface area contributed by atoms with Crippen molar-refractivity contribution >= 4 is 34.4 Å². The first kappa shape index (κ1) is 19.7. The molecule has 4 nitrogen and oxygen atoms in total. The molecule has 8 heteroatoms. The zero-order valence-electron chi connectivity index (χ0n) is 15.7. The number of nitrogens with zero attached hydrogens (tertiary/aromatic N) is 2. The van der Waals surface area contributed by atoms with Gasteiger partial charge in [0.05, 0.1) is 16.8 Å². The van der Waals surface area contributed by atoms with Crippen LogP contribution in [0.25, 0.3) is 5.57 Å². The number of rotatable bonds is 3. The number of halogens is 3. The third-order valence-corrected chi connectivity index (χ3v) is 6.12. The molecule has 1 saturated heterocycles. The molecule has 1 atom stereocenters. The second-order valence-electron chi connectivity index (χ2n) is 7.39. The lowest BCUT2D eigenvalue weighted by Crippen LogP contribution is -2.39. The van der Waals surface area contributed by atoms with Crippen LogP contribution in [0.3, 0.4) is 0 Å². The van der Waals surface area contributed by atoms with Crippen molar-refractivity contribution < 1.29 is 22.8 Å². The summed E-state index contributed by atoms with van der Waals surface area (Å²) >= 11 is 1.33. The predicted molar refractivity (Wildman–Crippen MR) is 105 cm³/mol. The quantitative estimate of drug-likeness (QED) is 0.671. The van der Waals surface area contributed by atoms with Crippen molar-refractivity contribution in [2.24, 2.45) is 5.92 Å². The van der Waals surface area contributed by atoms with E-state index in [4.69, 9.17) is 0 Å². The number of anilines is 1. The predicted octanol–water partition coefficient (Wildman–Crippen LogP) is 4.78. The number of imide groups is 1. The Morgan fingerprint density at radius 1 is 1.10 bits per heavy atom. The zero-order chi connectivity index (χ0) is 20.8. The van der Waals surface area contributed by atoms with Gasteiger partial charge in [0.15, 0.2) is 0 Å². The highest BCUT2D eigenvalue weighted by molar-refractivity contribution is 7.11. The maximum Gasteiger partial charge on any atom is 0.416 e.